The van der Waals surface area contributed by atoms with Crippen molar-refractivity contribution in [3.05, 3.63) is 23.8 Å². The predicted octanol–water partition coefficient (Wildman–Crippen LogP) is 0.381. The summed E-state index contributed by atoms with van der Waals surface area (Å²) >= 11 is 0. The Bertz CT molecular complexity index is 170. The number of rotatable bonds is 0. The summed E-state index contributed by atoms with van der Waals surface area (Å²) in [5.74, 6) is 0.984. The molecule has 2 nitrogen and oxygen atoms in total. The monoisotopic (exact) mass is 92.0 g/mol. The molecule has 0 spiro atoms. The van der Waals surface area contributed by atoms with Crippen molar-refractivity contribution in [2.75, 3.05) is 0 Å². The summed E-state index contributed by atoms with van der Waals surface area (Å²) in [5.41, 5.74) is 1.17. The van der Waals surface area contributed by atoms with Gasteiger partial charge in [0.25, 0.3) is 0 Å². The fourth-order valence-electron chi connectivity index (χ4n) is 0.696. The molecular formula is C5H4N2. The molecular weight excluding hydrogens is 88.1 g/mol. The molecule has 2 heteroatoms. The Kier molecular flexibility index (Phi) is 0.372. The minimum Gasteiger partial charge on any atom is -0.241 e. The zero-order valence-electron chi connectivity index (χ0n) is 3.76. The standard InChI is InChI=1S/C5H4N2/c1-2-6-5-3-4(1)7-5/h1-2H,3H2. The molecule has 0 saturated heterocycles. The van der Waals surface area contributed by atoms with Crippen LogP contribution in [0.25, 0.3) is 0 Å². The summed E-state index contributed by atoms with van der Waals surface area (Å²) in [5, 5.41) is 0. The molecule has 0 radical (unpaired) electrons. The van der Waals surface area contributed by atoms with Gasteiger partial charge in [0, 0.05) is 6.20 Å². The molecule has 34 valence electrons. The van der Waals surface area contributed by atoms with Crippen LogP contribution >= 0.6 is 0 Å². The maximum absolute atomic E-state index is 4.01. The Hall–Kier alpha value is -0.920. The van der Waals surface area contributed by atoms with Crippen LogP contribution in [0.5, 0.6) is 0 Å². The van der Waals surface area contributed by atoms with Crippen molar-refractivity contribution in [2.24, 2.45) is 0 Å². The Balaban J connectivity index is 2.78. The van der Waals surface area contributed by atoms with Crippen molar-refractivity contribution in [2.45, 2.75) is 6.42 Å². The van der Waals surface area contributed by atoms with Gasteiger partial charge in [-0.3, -0.25) is 0 Å². The molecule has 0 amide bonds. The Labute approximate surface area is 41.2 Å². The van der Waals surface area contributed by atoms with Crippen molar-refractivity contribution >= 4 is 0 Å². The van der Waals surface area contributed by atoms with Gasteiger partial charge in [-0.1, -0.05) is 0 Å². The second-order valence-corrected chi connectivity index (χ2v) is 1.64. The first-order chi connectivity index (χ1) is 3.45. The highest BCUT2D eigenvalue weighted by Gasteiger charge is 2.08. The van der Waals surface area contributed by atoms with E-state index in [1.165, 1.54) is 5.69 Å². The van der Waals surface area contributed by atoms with Gasteiger partial charge in [-0.25, -0.2) is 9.97 Å². The van der Waals surface area contributed by atoms with Gasteiger partial charge in [0.1, 0.15) is 5.82 Å². The van der Waals surface area contributed by atoms with E-state index in [4.69, 9.17) is 0 Å². The second-order valence-electron chi connectivity index (χ2n) is 1.64. The zero-order valence-corrected chi connectivity index (χ0v) is 3.76. The second kappa shape index (κ2) is 0.832. The number of nitrogens with zero attached hydrogens (tertiary/aromatic N) is 2. The van der Waals surface area contributed by atoms with Crippen LogP contribution < -0.4 is 0 Å². The third kappa shape index (κ3) is 0.282. The number of hydrogen-bond donors (Lipinski definition) is 0. The maximum Gasteiger partial charge on any atom is 0.134 e. The number of aromatic nitrogens is 2. The molecule has 0 aromatic carbocycles. The zero-order chi connectivity index (χ0) is 4.69. The Morgan fingerprint density at radius 1 is 1.57 bits per heavy atom. The molecule has 0 fully saturated rings. The van der Waals surface area contributed by atoms with Gasteiger partial charge in [0.15, 0.2) is 0 Å². The highest BCUT2D eigenvalue weighted by atomic mass is 14.9. The first-order valence-corrected chi connectivity index (χ1v) is 2.26. The lowest BCUT2D eigenvalue weighted by Gasteiger charge is -2.08. The fourth-order valence-corrected chi connectivity index (χ4v) is 0.696. The van der Waals surface area contributed by atoms with Crippen LogP contribution in [0.1, 0.15) is 11.5 Å². The quantitative estimate of drug-likeness (QED) is 0.469. The molecule has 0 saturated carbocycles. The van der Waals surface area contributed by atoms with Gasteiger partial charge in [-0.2, -0.15) is 0 Å². The summed E-state index contributed by atoms with van der Waals surface area (Å²) in [6.07, 6.45) is 2.79. The SMILES string of the molecule is c1cc2nc(n1)C2. The lowest BCUT2D eigenvalue weighted by atomic mass is 10.2. The minimum absolute atomic E-state index is 0.984. The van der Waals surface area contributed by atoms with E-state index >= 15 is 0 Å². The lowest BCUT2D eigenvalue weighted by molar-refractivity contribution is 0.817. The molecule has 0 aliphatic carbocycles. The van der Waals surface area contributed by atoms with Crippen LogP contribution in [-0.2, 0) is 6.42 Å². The van der Waals surface area contributed by atoms with Gasteiger partial charge in [0.2, 0.25) is 0 Å². The van der Waals surface area contributed by atoms with E-state index in [1.807, 2.05) is 6.07 Å². The van der Waals surface area contributed by atoms with E-state index < -0.39 is 0 Å². The molecule has 2 aliphatic heterocycles. The van der Waals surface area contributed by atoms with Gasteiger partial charge < -0.3 is 0 Å². The van der Waals surface area contributed by atoms with E-state index in [-0.39, 0.29) is 0 Å². The molecule has 1 aromatic heterocycles. The predicted molar refractivity (Wildman–Crippen MR) is 24.8 cm³/mol. The van der Waals surface area contributed by atoms with Crippen molar-refractivity contribution in [3.63, 3.8) is 0 Å². The van der Waals surface area contributed by atoms with E-state index in [2.05, 4.69) is 9.97 Å². The van der Waals surface area contributed by atoms with E-state index in [1.54, 1.807) is 6.20 Å². The van der Waals surface area contributed by atoms with E-state index in [0.29, 0.717) is 0 Å². The summed E-state index contributed by atoms with van der Waals surface area (Å²) in [4.78, 5) is 7.95. The highest BCUT2D eigenvalue weighted by molar-refractivity contribution is 5.16. The third-order valence-corrected chi connectivity index (χ3v) is 1.10. The molecule has 1 aromatic rings. The Morgan fingerprint density at radius 2 is 2.43 bits per heavy atom. The summed E-state index contributed by atoms with van der Waals surface area (Å²) in [6.45, 7) is 0. The topological polar surface area (TPSA) is 25.8 Å². The fraction of sp³-hybridized carbons (Fsp3) is 0.200. The average molecular weight is 92.1 g/mol. The maximum atomic E-state index is 4.01. The van der Waals surface area contributed by atoms with Crippen molar-refractivity contribution < 1.29 is 0 Å². The minimum atomic E-state index is 0.984. The molecule has 3 heterocycles. The van der Waals surface area contributed by atoms with Crippen molar-refractivity contribution in [1.29, 1.82) is 0 Å². The highest BCUT2D eigenvalue weighted by Crippen LogP contribution is 2.09. The van der Waals surface area contributed by atoms with Gasteiger partial charge in [-0.05, 0) is 6.07 Å². The van der Waals surface area contributed by atoms with Gasteiger partial charge in [0.05, 0.1) is 12.1 Å². The van der Waals surface area contributed by atoms with Gasteiger partial charge in [-0.15, -0.1) is 0 Å². The lowest BCUT2D eigenvalue weighted by Crippen LogP contribution is -2.09. The summed E-state index contributed by atoms with van der Waals surface area (Å²) in [6, 6.07) is 1.94. The van der Waals surface area contributed by atoms with Crippen LogP contribution in [0.4, 0.5) is 0 Å². The van der Waals surface area contributed by atoms with E-state index in [9.17, 15) is 0 Å². The number of hydrogen-bond acceptors (Lipinski definition) is 2. The molecule has 0 atom stereocenters. The van der Waals surface area contributed by atoms with Crippen LogP contribution in [0.3, 0.4) is 0 Å². The molecule has 7 heavy (non-hydrogen) atoms. The van der Waals surface area contributed by atoms with Crippen LogP contribution in [-0.4, -0.2) is 9.97 Å². The molecule has 2 aliphatic rings. The normalized spacial score (nSPS) is 13.1. The smallest absolute Gasteiger partial charge is 0.134 e. The largest absolute Gasteiger partial charge is 0.241 e. The van der Waals surface area contributed by atoms with Gasteiger partial charge >= 0.3 is 0 Å². The Morgan fingerprint density at radius 3 is 2.57 bits per heavy atom. The third-order valence-electron chi connectivity index (χ3n) is 1.10. The van der Waals surface area contributed by atoms with Crippen LogP contribution in [0.15, 0.2) is 12.3 Å². The molecule has 0 N–H and O–H groups in total. The summed E-state index contributed by atoms with van der Waals surface area (Å²) < 4.78 is 0. The van der Waals surface area contributed by atoms with E-state index in [0.717, 1.165) is 12.2 Å². The first kappa shape index (κ1) is 3.13. The molecule has 2 bridgehead atoms. The van der Waals surface area contributed by atoms with Crippen LogP contribution in [0, 0.1) is 0 Å². The van der Waals surface area contributed by atoms with Crippen LogP contribution in [0.2, 0.25) is 0 Å². The number of fused-ring (bicyclic) bond motifs is 2. The summed E-state index contributed by atoms with van der Waals surface area (Å²) in [7, 11) is 0. The average Bonchev–Trinajstić information content (AvgIpc) is 1.67. The van der Waals surface area contributed by atoms with Crippen molar-refractivity contribution in [1.82, 2.24) is 9.97 Å². The van der Waals surface area contributed by atoms with Crippen molar-refractivity contribution in [3.8, 4) is 0 Å². The molecule has 0 unspecified atom stereocenters. The first-order valence-electron chi connectivity index (χ1n) is 2.26. The molecule has 3 rings (SSSR count).